The summed E-state index contributed by atoms with van der Waals surface area (Å²) in [5.41, 5.74) is 2.69. The minimum atomic E-state index is 0.194. The van der Waals surface area contributed by atoms with Gasteiger partial charge >= 0.3 is 0 Å². The standard InChI is InChI=1S/C15H25NO/c1-12-7-8-14(13(2)11-12)17-10-6-9-16-15(3,4)5/h7-8,11,16H,6,9-10H2,1-5H3. The minimum absolute atomic E-state index is 0.194. The molecule has 0 amide bonds. The first-order valence-corrected chi connectivity index (χ1v) is 6.33. The highest BCUT2D eigenvalue weighted by Gasteiger charge is 2.07. The van der Waals surface area contributed by atoms with Crippen LogP contribution in [-0.4, -0.2) is 18.7 Å². The number of hydrogen-bond donors (Lipinski definition) is 1. The molecule has 0 aromatic heterocycles. The average Bonchev–Trinajstić information content (AvgIpc) is 2.18. The Bertz CT molecular complexity index is 352. The molecule has 2 nitrogen and oxygen atoms in total. The number of ether oxygens (including phenoxy) is 1. The van der Waals surface area contributed by atoms with Gasteiger partial charge in [0, 0.05) is 5.54 Å². The van der Waals surface area contributed by atoms with Gasteiger partial charge in [0.1, 0.15) is 5.75 Å². The number of rotatable bonds is 5. The number of benzene rings is 1. The van der Waals surface area contributed by atoms with Gasteiger partial charge in [-0.1, -0.05) is 17.7 Å². The first-order chi connectivity index (χ1) is 7.88. The fourth-order valence-corrected chi connectivity index (χ4v) is 1.68. The van der Waals surface area contributed by atoms with E-state index in [9.17, 15) is 0 Å². The zero-order valence-corrected chi connectivity index (χ0v) is 11.8. The van der Waals surface area contributed by atoms with Gasteiger partial charge in [-0.05, 0) is 59.2 Å². The zero-order chi connectivity index (χ0) is 12.9. The lowest BCUT2D eigenvalue weighted by atomic mass is 10.1. The summed E-state index contributed by atoms with van der Waals surface area (Å²) in [7, 11) is 0. The van der Waals surface area contributed by atoms with Crippen molar-refractivity contribution in [2.24, 2.45) is 0 Å². The smallest absolute Gasteiger partial charge is 0.122 e. The van der Waals surface area contributed by atoms with Gasteiger partial charge in [-0.15, -0.1) is 0 Å². The van der Waals surface area contributed by atoms with Crippen LogP contribution in [-0.2, 0) is 0 Å². The lowest BCUT2D eigenvalue weighted by molar-refractivity contribution is 0.296. The molecule has 0 bridgehead atoms. The van der Waals surface area contributed by atoms with Gasteiger partial charge < -0.3 is 10.1 Å². The highest BCUT2D eigenvalue weighted by atomic mass is 16.5. The Kier molecular flexibility index (Phi) is 5.01. The molecule has 0 aliphatic rings. The van der Waals surface area contributed by atoms with E-state index in [0.29, 0.717) is 0 Å². The van der Waals surface area contributed by atoms with E-state index in [0.717, 1.165) is 25.3 Å². The summed E-state index contributed by atoms with van der Waals surface area (Å²) in [5.74, 6) is 1.01. The van der Waals surface area contributed by atoms with E-state index < -0.39 is 0 Å². The summed E-state index contributed by atoms with van der Waals surface area (Å²) in [6, 6.07) is 6.31. The van der Waals surface area contributed by atoms with Crippen LogP contribution in [0.3, 0.4) is 0 Å². The third-order valence-corrected chi connectivity index (χ3v) is 2.56. The van der Waals surface area contributed by atoms with Crippen LogP contribution >= 0.6 is 0 Å². The number of hydrogen-bond acceptors (Lipinski definition) is 2. The number of aryl methyl sites for hydroxylation is 2. The molecule has 0 unspecified atom stereocenters. The van der Waals surface area contributed by atoms with E-state index in [-0.39, 0.29) is 5.54 Å². The summed E-state index contributed by atoms with van der Waals surface area (Å²) >= 11 is 0. The molecule has 1 aromatic rings. The Labute approximate surface area is 105 Å². The van der Waals surface area contributed by atoms with Gasteiger partial charge in [-0.2, -0.15) is 0 Å². The lowest BCUT2D eigenvalue weighted by Crippen LogP contribution is -2.36. The van der Waals surface area contributed by atoms with Crippen molar-refractivity contribution < 1.29 is 4.74 Å². The first-order valence-electron chi connectivity index (χ1n) is 6.33. The predicted molar refractivity (Wildman–Crippen MR) is 73.8 cm³/mol. The fourth-order valence-electron chi connectivity index (χ4n) is 1.68. The molecule has 96 valence electrons. The second kappa shape index (κ2) is 6.06. The van der Waals surface area contributed by atoms with Gasteiger partial charge in [0.15, 0.2) is 0 Å². The average molecular weight is 235 g/mol. The minimum Gasteiger partial charge on any atom is -0.493 e. The molecule has 0 atom stereocenters. The highest BCUT2D eigenvalue weighted by molar-refractivity contribution is 5.35. The fraction of sp³-hybridized carbons (Fsp3) is 0.600. The van der Waals surface area contributed by atoms with E-state index in [1.165, 1.54) is 11.1 Å². The molecule has 17 heavy (non-hydrogen) atoms. The van der Waals surface area contributed by atoms with Crippen LogP contribution in [0.5, 0.6) is 5.75 Å². The van der Waals surface area contributed by atoms with Crippen molar-refractivity contribution in [3.8, 4) is 5.75 Å². The summed E-state index contributed by atoms with van der Waals surface area (Å²) in [6.45, 7) is 12.5. The van der Waals surface area contributed by atoms with Crippen LogP contribution in [0.4, 0.5) is 0 Å². The summed E-state index contributed by atoms with van der Waals surface area (Å²) in [6.07, 6.45) is 1.03. The monoisotopic (exact) mass is 235 g/mol. The second-order valence-electron chi connectivity index (χ2n) is 5.65. The molecule has 0 saturated carbocycles. The third-order valence-electron chi connectivity index (χ3n) is 2.56. The third kappa shape index (κ3) is 5.73. The van der Waals surface area contributed by atoms with Crippen molar-refractivity contribution in [1.82, 2.24) is 5.32 Å². The molecule has 1 N–H and O–H groups in total. The topological polar surface area (TPSA) is 21.3 Å². The molecular formula is C15H25NO. The summed E-state index contributed by atoms with van der Waals surface area (Å²) in [4.78, 5) is 0. The maximum Gasteiger partial charge on any atom is 0.122 e. The first kappa shape index (κ1) is 14.0. The molecule has 0 fully saturated rings. The van der Waals surface area contributed by atoms with E-state index in [2.05, 4.69) is 58.1 Å². The van der Waals surface area contributed by atoms with E-state index >= 15 is 0 Å². The van der Waals surface area contributed by atoms with Crippen LogP contribution in [0.2, 0.25) is 0 Å². The predicted octanol–water partition coefficient (Wildman–Crippen LogP) is 3.46. The molecular weight excluding hydrogens is 210 g/mol. The molecule has 0 radical (unpaired) electrons. The van der Waals surface area contributed by atoms with Gasteiger partial charge in [0.25, 0.3) is 0 Å². The van der Waals surface area contributed by atoms with Crippen LogP contribution in [0, 0.1) is 13.8 Å². The van der Waals surface area contributed by atoms with Crippen molar-refractivity contribution in [1.29, 1.82) is 0 Å². The molecule has 1 aromatic carbocycles. The maximum absolute atomic E-state index is 5.77. The van der Waals surface area contributed by atoms with E-state index in [1.54, 1.807) is 0 Å². The summed E-state index contributed by atoms with van der Waals surface area (Å²) in [5, 5.41) is 3.45. The van der Waals surface area contributed by atoms with Gasteiger partial charge in [-0.25, -0.2) is 0 Å². The van der Waals surface area contributed by atoms with E-state index in [1.807, 2.05) is 0 Å². The van der Waals surface area contributed by atoms with Crippen molar-refractivity contribution >= 4 is 0 Å². The van der Waals surface area contributed by atoms with Crippen molar-refractivity contribution in [3.63, 3.8) is 0 Å². The zero-order valence-electron chi connectivity index (χ0n) is 11.8. The molecule has 1 rings (SSSR count). The molecule has 0 aliphatic carbocycles. The lowest BCUT2D eigenvalue weighted by Gasteiger charge is -2.20. The molecule has 0 aliphatic heterocycles. The Hall–Kier alpha value is -1.02. The Morgan fingerprint density at radius 2 is 1.88 bits per heavy atom. The van der Waals surface area contributed by atoms with Crippen molar-refractivity contribution in [2.45, 2.75) is 46.6 Å². The second-order valence-corrected chi connectivity index (χ2v) is 5.65. The Morgan fingerprint density at radius 3 is 2.47 bits per heavy atom. The Balaban J connectivity index is 2.27. The van der Waals surface area contributed by atoms with E-state index in [4.69, 9.17) is 4.74 Å². The highest BCUT2D eigenvalue weighted by Crippen LogP contribution is 2.18. The largest absolute Gasteiger partial charge is 0.493 e. The van der Waals surface area contributed by atoms with Crippen LogP contribution in [0.25, 0.3) is 0 Å². The van der Waals surface area contributed by atoms with Crippen molar-refractivity contribution in [2.75, 3.05) is 13.2 Å². The van der Waals surface area contributed by atoms with Crippen molar-refractivity contribution in [3.05, 3.63) is 29.3 Å². The maximum atomic E-state index is 5.77. The SMILES string of the molecule is Cc1ccc(OCCCNC(C)(C)C)c(C)c1. The van der Waals surface area contributed by atoms with Crippen LogP contribution in [0.1, 0.15) is 38.3 Å². The normalized spacial score (nSPS) is 11.6. The quantitative estimate of drug-likeness (QED) is 0.789. The van der Waals surface area contributed by atoms with Crippen LogP contribution < -0.4 is 10.1 Å². The van der Waals surface area contributed by atoms with Crippen LogP contribution in [0.15, 0.2) is 18.2 Å². The number of nitrogens with one attached hydrogen (secondary N) is 1. The van der Waals surface area contributed by atoms with Gasteiger partial charge in [0.2, 0.25) is 0 Å². The molecule has 2 heteroatoms. The molecule has 0 heterocycles. The summed E-state index contributed by atoms with van der Waals surface area (Å²) < 4.78 is 5.77. The Morgan fingerprint density at radius 1 is 1.18 bits per heavy atom. The molecule has 0 spiro atoms. The van der Waals surface area contributed by atoms with Gasteiger partial charge in [-0.3, -0.25) is 0 Å². The van der Waals surface area contributed by atoms with Gasteiger partial charge in [0.05, 0.1) is 6.61 Å². The molecule has 0 saturated heterocycles.